The molecule has 3 nitrogen and oxygen atoms in total. The molecule has 2 aromatic carbocycles. The van der Waals surface area contributed by atoms with Crippen LogP contribution >= 0.6 is 11.6 Å². The lowest BCUT2D eigenvalue weighted by Crippen LogP contribution is -2.24. The first kappa shape index (κ1) is 14.5. The van der Waals surface area contributed by atoms with E-state index in [2.05, 4.69) is 24.0 Å². The van der Waals surface area contributed by atoms with E-state index in [1.807, 2.05) is 30.5 Å². The van der Waals surface area contributed by atoms with Crippen molar-refractivity contribution in [2.45, 2.75) is 19.4 Å². The molecule has 0 spiro atoms. The number of hydrogen-bond donors (Lipinski definition) is 1. The van der Waals surface area contributed by atoms with Gasteiger partial charge < -0.3 is 10.5 Å². The van der Waals surface area contributed by atoms with Crippen molar-refractivity contribution < 1.29 is 4.74 Å². The fraction of sp³-hybridized carbons (Fsp3) is 0.211. The first-order valence-electron chi connectivity index (χ1n) is 7.70. The van der Waals surface area contributed by atoms with Crippen molar-refractivity contribution in [1.29, 1.82) is 0 Å². The van der Waals surface area contributed by atoms with E-state index in [1.54, 1.807) is 0 Å². The molecule has 1 aromatic heterocycles. The van der Waals surface area contributed by atoms with Crippen molar-refractivity contribution in [2.24, 2.45) is 5.73 Å². The number of nitrogens with zero attached hydrogens (tertiary/aromatic N) is 1. The summed E-state index contributed by atoms with van der Waals surface area (Å²) in [6, 6.07) is 12.2. The third kappa shape index (κ3) is 2.46. The molecule has 116 valence electrons. The van der Waals surface area contributed by atoms with Crippen LogP contribution in [0.15, 0.2) is 42.6 Å². The molecule has 3 aromatic rings. The number of fused-ring (bicyclic) bond motifs is 2. The molecule has 0 radical (unpaired) electrons. The summed E-state index contributed by atoms with van der Waals surface area (Å²) >= 11 is 6.10. The Balaban J connectivity index is 1.96. The minimum Gasteiger partial charge on any atom is -0.488 e. The summed E-state index contributed by atoms with van der Waals surface area (Å²) in [6.45, 7) is 2.64. The molecule has 1 aliphatic heterocycles. The zero-order valence-electron chi connectivity index (χ0n) is 12.8. The molecular weight excluding hydrogens is 308 g/mol. The van der Waals surface area contributed by atoms with Crippen molar-refractivity contribution in [3.05, 3.63) is 58.7 Å². The molecule has 0 saturated heterocycles. The van der Waals surface area contributed by atoms with Gasteiger partial charge in [-0.3, -0.25) is 4.98 Å². The third-order valence-electron chi connectivity index (χ3n) is 4.30. The van der Waals surface area contributed by atoms with Gasteiger partial charge in [-0.05, 0) is 47.9 Å². The summed E-state index contributed by atoms with van der Waals surface area (Å²) in [5, 5.41) is 1.76. The molecule has 4 heteroatoms. The van der Waals surface area contributed by atoms with Crippen LogP contribution in [-0.2, 0) is 6.42 Å². The monoisotopic (exact) mass is 324 g/mol. The van der Waals surface area contributed by atoms with Crippen LogP contribution in [0.4, 0.5) is 0 Å². The van der Waals surface area contributed by atoms with Crippen molar-refractivity contribution in [3.8, 4) is 16.9 Å². The molecule has 2 N–H and O–H groups in total. The summed E-state index contributed by atoms with van der Waals surface area (Å²) in [6.07, 6.45) is 2.75. The average Bonchev–Trinajstić information content (AvgIpc) is 2.96. The molecule has 2 heterocycles. The second kappa shape index (κ2) is 5.52. The van der Waals surface area contributed by atoms with E-state index < -0.39 is 0 Å². The maximum Gasteiger partial charge on any atom is 0.131 e. The van der Waals surface area contributed by atoms with Gasteiger partial charge in [0.25, 0.3) is 0 Å². The molecule has 1 unspecified atom stereocenters. The highest BCUT2D eigenvalue weighted by Crippen LogP contribution is 2.42. The molecule has 23 heavy (non-hydrogen) atoms. The Kier molecular flexibility index (Phi) is 3.47. The van der Waals surface area contributed by atoms with E-state index in [0.717, 1.165) is 34.2 Å². The number of rotatable bonds is 2. The van der Waals surface area contributed by atoms with E-state index in [1.165, 1.54) is 11.1 Å². The molecule has 0 saturated carbocycles. The van der Waals surface area contributed by atoms with Crippen LogP contribution in [0.25, 0.3) is 22.0 Å². The molecule has 0 bridgehead atoms. The van der Waals surface area contributed by atoms with Crippen molar-refractivity contribution in [2.75, 3.05) is 6.54 Å². The normalized spacial score (nSPS) is 16.4. The second-order valence-corrected chi connectivity index (χ2v) is 6.44. The molecule has 0 aliphatic carbocycles. The maximum atomic E-state index is 6.10. The van der Waals surface area contributed by atoms with Crippen molar-refractivity contribution in [3.63, 3.8) is 0 Å². The first-order valence-corrected chi connectivity index (χ1v) is 8.08. The predicted molar refractivity (Wildman–Crippen MR) is 94.1 cm³/mol. The van der Waals surface area contributed by atoms with Gasteiger partial charge >= 0.3 is 0 Å². The van der Waals surface area contributed by atoms with Gasteiger partial charge in [0.05, 0.1) is 5.52 Å². The number of nitrogens with two attached hydrogens (primary N) is 1. The molecular formula is C19H17ClN2O. The van der Waals surface area contributed by atoms with Gasteiger partial charge in [0.15, 0.2) is 0 Å². The van der Waals surface area contributed by atoms with Gasteiger partial charge in [-0.2, -0.15) is 0 Å². The lowest BCUT2D eigenvalue weighted by Gasteiger charge is -2.13. The maximum absolute atomic E-state index is 6.10. The van der Waals surface area contributed by atoms with Crippen LogP contribution in [-0.4, -0.2) is 17.6 Å². The molecule has 0 fully saturated rings. The van der Waals surface area contributed by atoms with Crippen LogP contribution in [0.3, 0.4) is 0 Å². The fourth-order valence-electron chi connectivity index (χ4n) is 3.28. The van der Waals surface area contributed by atoms with Crippen LogP contribution in [0.5, 0.6) is 5.75 Å². The highest BCUT2D eigenvalue weighted by molar-refractivity contribution is 6.31. The minimum absolute atomic E-state index is 0.0631. The standard InChI is InChI=1S/C19H17ClN2O/c1-11-6-12-8-14(10-21)23-19(12)17(7-11)15-4-5-22-18-9-13(20)2-3-16(15)18/h2-7,9,14H,8,10,21H2,1H3. The SMILES string of the molecule is Cc1cc2c(c(-c3ccnc4cc(Cl)ccc34)c1)OC(CN)C2. The fourth-order valence-corrected chi connectivity index (χ4v) is 3.45. The number of hydrogen-bond acceptors (Lipinski definition) is 3. The van der Waals surface area contributed by atoms with E-state index in [0.29, 0.717) is 11.6 Å². The van der Waals surface area contributed by atoms with Gasteiger partial charge in [0.1, 0.15) is 11.9 Å². The van der Waals surface area contributed by atoms with Gasteiger partial charge in [-0.15, -0.1) is 0 Å². The summed E-state index contributed by atoms with van der Waals surface area (Å²) in [5.41, 5.74) is 11.4. The quantitative estimate of drug-likeness (QED) is 0.771. The molecule has 4 rings (SSSR count). The van der Waals surface area contributed by atoms with E-state index in [4.69, 9.17) is 22.1 Å². The van der Waals surface area contributed by atoms with Crippen LogP contribution in [0.1, 0.15) is 11.1 Å². The van der Waals surface area contributed by atoms with E-state index in [-0.39, 0.29) is 6.10 Å². The zero-order valence-corrected chi connectivity index (χ0v) is 13.6. The Morgan fingerprint density at radius 3 is 2.91 bits per heavy atom. The summed E-state index contributed by atoms with van der Waals surface area (Å²) in [4.78, 5) is 4.43. The number of aryl methyl sites for hydroxylation is 1. The number of halogens is 1. The lowest BCUT2D eigenvalue weighted by atomic mass is 9.95. The van der Waals surface area contributed by atoms with Crippen molar-refractivity contribution in [1.82, 2.24) is 4.98 Å². The Hall–Kier alpha value is -2.10. The number of ether oxygens (including phenoxy) is 1. The van der Waals surface area contributed by atoms with E-state index >= 15 is 0 Å². The molecule has 1 aliphatic rings. The molecule has 1 atom stereocenters. The van der Waals surface area contributed by atoms with Gasteiger partial charge in [-0.1, -0.05) is 23.7 Å². The highest BCUT2D eigenvalue weighted by atomic mass is 35.5. The summed E-state index contributed by atoms with van der Waals surface area (Å²) in [7, 11) is 0. The van der Waals surface area contributed by atoms with Gasteiger partial charge in [0, 0.05) is 35.1 Å². The number of benzene rings is 2. The Labute approximate surface area is 140 Å². The first-order chi connectivity index (χ1) is 11.2. The minimum atomic E-state index is 0.0631. The lowest BCUT2D eigenvalue weighted by molar-refractivity contribution is 0.242. The highest BCUT2D eigenvalue weighted by Gasteiger charge is 2.26. The topological polar surface area (TPSA) is 48.1 Å². The Morgan fingerprint density at radius 1 is 1.22 bits per heavy atom. The third-order valence-corrected chi connectivity index (χ3v) is 4.54. The van der Waals surface area contributed by atoms with Crippen LogP contribution in [0.2, 0.25) is 5.02 Å². The van der Waals surface area contributed by atoms with Crippen molar-refractivity contribution >= 4 is 22.5 Å². The van der Waals surface area contributed by atoms with Gasteiger partial charge in [-0.25, -0.2) is 0 Å². The molecule has 0 amide bonds. The van der Waals surface area contributed by atoms with E-state index in [9.17, 15) is 0 Å². The average molecular weight is 325 g/mol. The Morgan fingerprint density at radius 2 is 2.09 bits per heavy atom. The van der Waals surface area contributed by atoms with Crippen LogP contribution < -0.4 is 10.5 Å². The predicted octanol–water partition coefficient (Wildman–Crippen LogP) is 4.13. The summed E-state index contributed by atoms with van der Waals surface area (Å²) < 4.78 is 6.10. The number of aromatic nitrogens is 1. The van der Waals surface area contributed by atoms with Gasteiger partial charge in [0.2, 0.25) is 0 Å². The second-order valence-electron chi connectivity index (χ2n) is 6.00. The zero-order chi connectivity index (χ0) is 16.0. The summed E-state index contributed by atoms with van der Waals surface area (Å²) in [5.74, 6) is 0.952. The largest absolute Gasteiger partial charge is 0.488 e. The smallest absolute Gasteiger partial charge is 0.131 e. The van der Waals surface area contributed by atoms with Crippen LogP contribution in [0, 0.1) is 6.92 Å². The Bertz CT molecular complexity index is 907. The number of pyridine rings is 1.